The Morgan fingerprint density at radius 3 is 2.56 bits per heavy atom. The first-order valence-corrected chi connectivity index (χ1v) is 8.14. The number of hydrogen-bond acceptors (Lipinski definition) is 4. The molecule has 0 heterocycles. The van der Waals surface area contributed by atoms with Gasteiger partial charge in [-0.15, -0.1) is 0 Å². The summed E-state index contributed by atoms with van der Waals surface area (Å²) < 4.78 is 4.85. The minimum absolute atomic E-state index is 0.132. The zero-order valence-electron chi connectivity index (χ0n) is 11.9. The molecule has 106 valence electrons. The van der Waals surface area contributed by atoms with Crippen molar-refractivity contribution in [2.24, 2.45) is 0 Å². The third-order valence-electron chi connectivity index (χ3n) is 3.33. The van der Waals surface area contributed by atoms with Gasteiger partial charge in [0.2, 0.25) is 0 Å². The molecule has 0 aliphatic heterocycles. The maximum absolute atomic E-state index is 11.6. The lowest BCUT2D eigenvalue weighted by Gasteiger charge is -2.23. The van der Waals surface area contributed by atoms with Crippen molar-refractivity contribution in [1.29, 1.82) is 0 Å². The summed E-state index contributed by atoms with van der Waals surface area (Å²) in [5.74, 6) is 0.914. The van der Waals surface area contributed by atoms with E-state index in [1.165, 1.54) is 39.2 Å². The molecule has 1 aliphatic carbocycles. The Labute approximate surface area is 115 Å². The first kappa shape index (κ1) is 15.8. The summed E-state index contributed by atoms with van der Waals surface area (Å²) in [6.07, 6.45) is 7.73. The van der Waals surface area contributed by atoms with E-state index in [1.54, 1.807) is 0 Å². The number of ether oxygens (including phenoxy) is 1. The second-order valence-electron chi connectivity index (χ2n) is 5.32. The van der Waals surface area contributed by atoms with Crippen molar-refractivity contribution in [3.63, 3.8) is 0 Å². The predicted molar refractivity (Wildman–Crippen MR) is 78.0 cm³/mol. The number of hydrogen-bond donors (Lipinski definition) is 1. The van der Waals surface area contributed by atoms with Gasteiger partial charge < -0.3 is 10.1 Å². The van der Waals surface area contributed by atoms with E-state index >= 15 is 0 Å². The number of esters is 1. The summed E-state index contributed by atoms with van der Waals surface area (Å²) in [7, 11) is 1.46. The van der Waals surface area contributed by atoms with Crippen molar-refractivity contribution in [2.45, 2.75) is 69.7 Å². The first-order valence-electron chi connectivity index (χ1n) is 7.09. The van der Waals surface area contributed by atoms with Crippen LogP contribution in [0.2, 0.25) is 0 Å². The Morgan fingerprint density at radius 1 is 1.33 bits per heavy atom. The zero-order chi connectivity index (χ0) is 13.4. The zero-order valence-corrected chi connectivity index (χ0v) is 12.7. The van der Waals surface area contributed by atoms with Crippen LogP contribution in [0, 0.1) is 0 Å². The minimum Gasteiger partial charge on any atom is -0.468 e. The Bertz CT molecular complexity index is 240. The number of methoxy groups -OCH3 is 1. The van der Waals surface area contributed by atoms with E-state index in [2.05, 4.69) is 19.2 Å². The maximum atomic E-state index is 11.6. The standard InChI is InChI=1S/C14H27NO2S/c1-11(2)15-13(14(16)17-3)9-10-18-12-7-5-4-6-8-12/h11-13,15H,4-10H2,1-3H3. The third-order valence-corrected chi connectivity index (χ3v) is 4.75. The smallest absolute Gasteiger partial charge is 0.322 e. The molecular formula is C14H27NO2S. The molecule has 1 unspecified atom stereocenters. The lowest BCUT2D eigenvalue weighted by atomic mass is 10.0. The molecule has 0 radical (unpaired) electrons. The Balaban J connectivity index is 2.25. The van der Waals surface area contributed by atoms with Gasteiger partial charge in [-0.1, -0.05) is 33.1 Å². The number of carbonyl (C=O) groups excluding carboxylic acids is 1. The van der Waals surface area contributed by atoms with Crippen molar-refractivity contribution in [1.82, 2.24) is 5.32 Å². The van der Waals surface area contributed by atoms with Crippen molar-refractivity contribution >= 4 is 17.7 Å². The lowest BCUT2D eigenvalue weighted by Crippen LogP contribution is -2.42. The van der Waals surface area contributed by atoms with Crippen LogP contribution < -0.4 is 5.32 Å². The summed E-state index contributed by atoms with van der Waals surface area (Å²) in [4.78, 5) is 11.6. The second kappa shape index (κ2) is 8.81. The quantitative estimate of drug-likeness (QED) is 0.724. The minimum atomic E-state index is -0.147. The van der Waals surface area contributed by atoms with Gasteiger partial charge in [-0.3, -0.25) is 4.79 Å². The van der Waals surface area contributed by atoms with E-state index in [-0.39, 0.29) is 12.0 Å². The van der Waals surface area contributed by atoms with Crippen LogP contribution in [-0.4, -0.2) is 36.2 Å². The fourth-order valence-corrected chi connectivity index (χ4v) is 3.77. The largest absolute Gasteiger partial charge is 0.468 e. The molecule has 18 heavy (non-hydrogen) atoms. The van der Waals surface area contributed by atoms with Gasteiger partial charge in [0, 0.05) is 11.3 Å². The molecular weight excluding hydrogens is 246 g/mol. The fourth-order valence-electron chi connectivity index (χ4n) is 2.40. The molecule has 1 N–H and O–H groups in total. The van der Waals surface area contributed by atoms with Gasteiger partial charge in [0.25, 0.3) is 0 Å². The van der Waals surface area contributed by atoms with Gasteiger partial charge in [-0.25, -0.2) is 0 Å². The normalized spacial score (nSPS) is 18.9. The van der Waals surface area contributed by atoms with Crippen LogP contribution in [0.4, 0.5) is 0 Å². The van der Waals surface area contributed by atoms with Crippen LogP contribution in [0.15, 0.2) is 0 Å². The SMILES string of the molecule is COC(=O)C(CCSC1CCCCC1)NC(C)C. The molecule has 1 atom stereocenters. The molecule has 0 aromatic carbocycles. The van der Waals surface area contributed by atoms with Crippen LogP contribution in [0.25, 0.3) is 0 Å². The Kier molecular flexibility index (Phi) is 7.75. The van der Waals surface area contributed by atoms with Gasteiger partial charge >= 0.3 is 5.97 Å². The summed E-state index contributed by atoms with van der Waals surface area (Å²) >= 11 is 2.03. The van der Waals surface area contributed by atoms with Gasteiger partial charge in [0.05, 0.1) is 7.11 Å². The van der Waals surface area contributed by atoms with Crippen molar-refractivity contribution in [3.05, 3.63) is 0 Å². The highest BCUT2D eigenvalue weighted by atomic mass is 32.2. The molecule has 3 nitrogen and oxygen atoms in total. The van der Waals surface area contributed by atoms with Crippen LogP contribution in [0.1, 0.15) is 52.4 Å². The topological polar surface area (TPSA) is 38.3 Å². The second-order valence-corrected chi connectivity index (χ2v) is 6.72. The lowest BCUT2D eigenvalue weighted by molar-refractivity contribution is -0.143. The van der Waals surface area contributed by atoms with E-state index in [0.29, 0.717) is 6.04 Å². The van der Waals surface area contributed by atoms with Gasteiger partial charge in [0.15, 0.2) is 0 Å². The average Bonchev–Trinajstić information content (AvgIpc) is 2.37. The first-order chi connectivity index (χ1) is 8.63. The fraction of sp³-hybridized carbons (Fsp3) is 0.929. The summed E-state index contributed by atoms with van der Waals surface area (Å²) in [5.41, 5.74) is 0. The number of thioether (sulfide) groups is 1. The summed E-state index contributed by atoms with van der Waals surface area (Å²) in [5, 5.41) is 4.10. The van der Waals surface area contributed by atoms with E-state index < -0.39 is 0 Å². The maximum Gasteiger partial charge on any atom is 0.322 e. The molecule has 0 spiro atoms. The number of rotatable bonds is 7. The molecule has 0 amide bonds. The van der Waals surface area contributed by atoms with E-state index in [1.807, 2.05) is 11.8 Å². The molecule has 1 aliphatic rings. The van der Waals surface area contributed by atoms with E-state index in [0.717, 1.165) is 17.4 Å². The average molecular weight is 273 g/mol. The van der Waals surface area contributed by atoms with Crippen LogP contribution in [-0.2, 0) is 9.53 Å². The summed E-state index contributed by atoms with van der Waals surface area (Å²) in [6.45, 7) is 4.12. The predicted octanol–water partition coefficient (Wildman–Crippen LogP) is 2.98. The molecule has 0 aromatic rings. The van der Waals surface area contributed by atoms with Gasteiger partial charge in [-0.2, -0.15) is 11.8 Å². The monoisotopic (exact) mass is 273 g/mol. The molecule has 1 rings (SSSR count). The van der Waals surface area contributed by atoms with Gasteiger partial charge in [0.1, 0.15) is 6.04 Å². The van der Waals surface area contributed by atoms with Crippen molar-refractivity contribution < 1.29 is 9.53 Å². The third kappa shape index (κ3) is 6.10. The van der Waals surface area contributed by atoms with E-state index in [4.69, 9.17) is 4.74 Å². The van der Waals surface area contributed by atoms with Crippen molar-refractivity contribution in [3.8, 4) is 0 Å². The highest BCUT2D eigenvalue weighted by Gasteiger charge is 2.20. The van der Waals surface area contributed by atoms with E-state index in [9.17, 15) is 4.79 Å². The van der Waals surface area contributed by atoms with Crippen LogP contribution in [0.3, 0.4) is 0 Å². The number of carbonyl (C=O) groups is 1. The van der Waals surface area contributed by atoms with Crippen LogP contribution in [0.5, 0.6) is 0 Å². The van der Waals surface area contributed by atoms with Crippen molar-refractivity contribution in [2.75, 3.05) is 12.9 Å². The summed E-state index contributed by atoms with van der Waals surface area (Å²) in [6, 6.07) is 0.167. The Hall–Kier alpha value is -0.220. The highest BCUT2D eigenvalue weighted by Crippen LogP contribution is 2.28. The van der Waals surface area contributed by atoms with Gasteiger partial charge in [-0.05, 0) is 25.0 Å². The molecule has 0 aromatic heterocycles. The number of nitrogens with one attached hydrogen (secondary N) is 1. The molecule has 0 bridgehead atoms. The molecule has 1 fully saturated rings. The molecule has 0 saturated heterocycles. The van der Waals surface area contributed by atoms with Crippen LogP contribution >= 0.6 is 11.8 Å². The molecule has 1 saturated carbocycles. The molecule has 4 heteroatoms. The highest BCUT2D eigenvalue weighted by molar-refractivity contribution is 7.99. The Morgan fingerprint density at radius 2 is 2.00 bits per heavy atom.